The number of aliphatic hydroxyl groups excluding tert-OH is 1. The van der Waals surface area contributed by atoms with Crippen LogP contribution >= 0.6 is 23.5 Å². The van der Waals surface area contributed by atoms with E-state index < -0.39 is 0 Å². The first-order valence-corrected chi connectivity index (χ1v) is 6.66. The number of rotatable bonds is 5. The fourth-order valence-corrected chi connectivity index (χ4v) is 2.78. The maximum atomic E-state index is 8.77. The molecule has 1 rings (SSSR count). The molecule has 0 aliphatic carbocycles. The highest BCUT2D eigenvalue weighted by molar-refractivity contribution is 8.00. The minimum Gasteiger partial charge on any atom is -0.396 e. The van der Waals surface area contributed by atoms with Crippen LogP contribution in [0.2, 0.25) is 0 Å². The molecule has 0 saturated carbocycles. The number of nitrogens with two attached hydrogens (primary N) is 1. The first kappa shape index (κ1) is 12.4. The number of hydrogen-bond donors (Lipinski definition) is 3. The molecule has 0 radical (unpaired) electrons. The van der Waals surface area contributed by atoms with E-state index in [0.29, 0.717) is 5.75 Å². The molecule has 0 atom stereocenters. The van der Waals surface area contributed by atoms with Crippen molar-refractivity contribution >= 4 is 29.4 Å². The number of hydrogen-bond acceptors (Lipinski definition) is 4. The van der Waals surface area contributed by atoms with Gasteiger partial charge in [-0.3, -0.25) is 5.41 Å². The zero-order valence-corrected chi connectivity index (χ0v) is 10.1. The van der Waals surface area contributed by atoms with Crippen LogP contribution in [0.15, 0.2) is 28.0 Å². The van der Waals surface area contributed by atoms with E-state index in [2.05, 4.69) is 0 Å². The van der Waals surface area contributed by atoms with Crippen molar-refractivity contribution in [3.63, 3.8) is 0 Å². The van der Waals surface area contributed by atoms with Crippen molar-refractivity contribution in [3.8, 4) is 0 Å². The molecule has 0 bridgehead atoms. The van der Waals surface area contributed by atoms with Gasteiger partial charge in [0.1, 0.15) is 5.84 Å². The highest BCUT2D eigenvalue weighted by atomic mass is 32.2. The van der Waals surface area contributed by atoms with Crippen molar-refractivity contribution in [2.24, 2.45) is 5.73 Å². The zero-order valence-electron chi connectivity index (χ0n) is 8.49. The summed E-state index contributed by atoms with van der Waals surface area (Å²) in [5.41, 5.74) is 6.34. The second-order valence-electron chi connectivity index (χ2n) is 2.82. The molecule has 15 heavy (non-hydrogen) atoms. The second kappa shape index (κ2) is 6.05. The van der Waals surface area contributed by atoms with Crippen LogP contribution in [0.1, 0.15) is 5.56 Å². The Morgan fingerprint density at radius 3 is 2.67 bits per heavy atom. The monoisotopic (exact) mass is 242 g/mol. The molecular formula is C10H14N2OS2. The number of nitrogen functional groups attached to an aromatic ring is 1. The summed E-state index contributed by atoms with van der Waals surface area (Å²) in [4.78, 5) is 1.97. The van der Waals surface area contributed by atoms with Gasteiger partial charge in [-0.05, 0) is 18.4 Å². The average Bonchev–Trinajstić information content (AvgIpc) is 2.25. The van der Waals surface area contributed by atoms with Crippen LogP contribution in [-0.4, -0.2) is 29.6 Å². The van der Waals surface area contributed by atoms with E-state index in [1.165, 1.54) is 11.8 Å². The lowest BCUT2D eigenvalue weighted by molar-refractivity contribution is 0.322. The molecule has 0 heterocycles. The maximum Gasteiger partial charge on any atom is 0.125 e. The van der Waals surface area contributed by atoms with Crippen LogP contribution in [0, 0.1) is 5.41 Å². The number of thioether (sulfide) groups is 2. The third-order valence-electron chi connectivity index (χ3n) is 1.83. The molecule has 0 fully saturated rings. The van der Waals surface area contributed by atoms with Gasteiger partial charge in [-0.15, -0.1) is 23.5 Å². The molecule has 0 saturated heterocycles. The van der Waals surface area contributed by atoms with E-state index in [-0.39, 0.29) is 12.4 Å². The Kier molecular flexibility index (Phi) is 5.01. The highest BCUT2D eigenvalue weighted by Gasteiger charge is 2.10. The second-order valence-corrected chi connectivity index (χ2v) is 4.80. The third-order valence-corrected chi connectivity index (χ3v) is 3.64. The molecule has 5 heteroatoms. The van der Waals surface area contributed by atoms with E-state index in [1.54, 1.807) is 11.8 Å². The fourth-order valence-electron chi connectivity index (χ4n) is 1.22. The lowest BCUT2D eigenvalue weighted by atomic mass is 10.2. The van der Waals surface area contributed by atoms with Gasteiger partial charge in [0.15, 0.2) is 0 Å². The Labute approximate surface area is 98.0 Å². The molecule has 82 valence electrons. The third kappa shape index (κ3) is 3.15. The van der Waals surface area contributed by atoms with Crippen LogP contribution in [0.25, 0.3) is 0 Å². The predicted octanol–water partition coefficient (Wildman–Crippen LogP) is 1.78. The van der Waals surface area contributed by atoms with Gasteiger partial charge in [-0.1, -0.05) is 6.07 Å². The van der Waals surface area contributed by atoms with E-state index in [0.717, 1.165) is 15.4 Å². The molecule has 0 aliphatic rings. The van der Waals surface area contributed by atoms with Crippen LogP contribution in [0.5, 0.6) is 0 Å². The molecule has 4 N–H and O–H groups in total. The standard InChI is InChI=1S/C10H14N2OS2/c1-14-7-3-2-4-8(15-6-5-13)9(7)10(11)12/h2-4,13H,5-6H2,1H3,(H3,11,12). The van der Waals surface area contributed by atoms with Gasteiger partial charge >= 0.3 is 0 Å². The lowest BCUT2D eigenvalue weighted by Crippen LogP contribution is -2.13. The summed E-state index contributed by atoms with van der Waals surface area (Å²) in [5, 5.41) is 16.3. The topological polar surface area (TPSA) is 70.1 Å². The summed E-state index contributed by atoms with van der Waals surface area (Å²) in [7, 11) is 0. The van der Waals surface area contributed by atoms with Gasteiger partial charge in [0.25, 0.3) is 0 Å². The van der Waals surface area contributed by atoms with Gasteiger partial charge in [0.05, 0.1) is 6.61 Å². The molecule has 0 amide bonds. The predicted molar refractivity (Wildman–Crippen MR) is 67.0 cm³/mol. The Hall–Kier alpha value is -0.650. The first-order valence-electron chi connectivity index (χ1n) is 4.45. The molecule has 0 aliphatic heterocycles. The van der Waals surface area contributed by atoms with Gasteiger partial charge < -0.3 is 10.8 Å². The number of nitrogens with one attached hydrogen (secondary N) is 1. The fraction of sp³-hybridized carbons (Fsp3) is 0.300. The SMILES string of the molecule is CSc1cccc(SCCO)c1C(=N)N. The van der Waals surface area contributed by atoms with Crippen LogP contribution in [0.4, 0.5) is 0 Å². The Balaban J connectivity index is 3.07. The summed E-state index contributed by atoms with van der Waals surface area (Å²) in [6.07, 6.45) is 1.96. The number of aliphatic hydroxyl groups is 1. The van der Waals surface area contributed by atoms with Crippen LogP contribution in [0.3, 0.4) is 0 Å². The van der Waals surface area contributed by atoms with Crippen molar-refractivity contribution in [2.45, 2.75) is 9.79 Å². The largest absolute Gasteiger partial charge is 0.396 e. The van der Waals surface area contributed by atoms with E-state index in [9.17, 15) is 0 Å². The Morgan fingerprint density at radius 2 is 2.13 bits per heavy atom. The van der Waals surface area contributed by atoms with Gasteiger partial charge in [0, 0.05) is 21.1 Å². The van der Waals surface area contributed by atoms with Crippen molar-refractivity contribution in [1.82, 2.24) is 0 Å². The summed E-state index contributed by atoms with van der Waals surface area (Å²) < 4.78 is 0. The van der Waals surface area contributed by atoms with Crippen LogP contribution in [-0.2, 0) is 0 Å². The minimum atomic E-state index is 0.0837. The minimum absolute atomic E-state index is 0.0837. The molecule has 0 aromatic heterocycles. The molecule has 0 spiro atoms. The van der Waals surface area contributed by atoms with Gasteiger partial charge in [-0.2, -0.15) is 0 Å². The van der Waals surface area contributed by atoms with E-state index in [1.807, 2.05) is 24.5 Å². The molecule has 1 aromatic rings. The van der Waals surface area contributed by atoms with Crippen molar-refractivity contribution in [2.75, 3.05) is 18.6 Å². The molecule has 0 unspecified atom stereocenters. The van der Waals surface area contributed by atoms with E-state index in [4.69, 9.17) is 16.2 Å². The summed E-state index contributed by atoms with van der Waals surface area (Å²) >= 11 is 3.10. The summed E-state index contributed by atoms with van der Waals surface area (Å²) in [6.45, 7) is 0.130. The van der Waals surface area contributed by atoms with E-state index >= 15 is 0 Å². The normalized spacial score (nSPS) is 10.3. The van der Waals surface area contributed by atoms with Crippen molar-refractivity contribution in [3.05, 3.63) is 23.8 Å². The summed E-state index contributed by atoms with van der Waals surface area (Å²) in [5.74, 6) is 0.707. The lowest BCUT2D eigenvalue weighted by Gasteiger charge is -2.11. The first-order chi connectivity index (χ1) is 7.20. The van der Waals surface area contributed by atoms with Crippen molar-refractivity contribution < 1.29 is 5.11 Å². The summed E-state index contributed by atoms with van der Waals surface area (Å²) in [6, 6.07) is 5.82. The highest BCUT2D eigenvalue weighted by Crippen LogP contribution is 2.29. The number of amidine groups is 1. The maximum absolute atomic E-state index is 8.77. The number of benzene rings is 1. The average molecular weight is 242 g/mol. The zero-order chi connectivity index (χ0) is 11.3. The smallest absolute Gasteiger partial charge is 0.125 e. The molecular weight excluding hydrogens is 228 g/mol. The van der Waals surface area contributed by atoms with Gasteiger partial charge in [-0.25, -0.2) is 0 Å². The quantitative estimate of drug-likeness (QED) is 0.418. The molecule has 1 aromatic carbocycles. The van der Waals surface area contributed by atoms with Crippen molar-refractivity contribution in [1.29, 1.82) is 5.41 Å². The van der Waals surface area contributed by atoms with Gasteiger partial charge in [0.2, 0.25) is 0 Å². The Morgan fingerprint density at radius 1 is 1.47 bits per heavy atom. The van der Waals surface area contributed by atoms with Crippen LogP contribution < -0.4 is 5.73 Å². The Bertz CT molecular complexity index is 355. The molecule has 3 nitrogen and oxygen atoms in total.